The first kappa shape index (κ1) is 6.98. The maximum atomic E-state index is 9.07. The van der Waals surface area contributed by atoms with Gasteiger partial charge in [0.15, 0.2) is 0 Å². The van der Waals surface area contributed by atoms with Gasteiger partial charge in [-0.3, -0.25) is 0 Å². The molecule has 2 heteroatoms. The maximum absolute atomic E-state index is 9.07. The first-order valence-electron chi connectivity index (χ1n) is 3.15. The Morgan fingerprint density at radius 3 is 3.22 bits per heavy atom. The van der Waals surface area contributed by atoms with Crippen molar-refractivity contribution in [3.05, 3.63) is 0 Å². The van der Waals surface area contributed by atoms with Gasteiger partial charge in [-0.05, 0) is 12.2 Å². The predicted molar refractivity (Wildman–Crippen MR) is 40.1 cm³/mol. The van der Waals surface area contributed by atoms with E-state index in [1.54, 1.807) is 11.8 Å². The normalized spacial score (nSPS) is 27.4. The van der Waals surface area contributed by atoms with E-state index in [1.165, 1.54) is 0 Å². The Labute approximate surface area is 59.8 Å². The summed E-state index contributed by atoms with van der Waals surface area (Å²) in [6, 6.07) is 0. The molecule has 1 unspecified atom stereocenters. The molecule has 1 nitrogen and oxygen atoms in total. The number of hydrogen-bond acceptors (Lipinski definition) is 2. The fraction of sp³-hybridized carbons (Fsp3) is 0.714. The molecule has 1 aliphatic heterocycles. The molecule has 1 rings (SSSR count). The van der Waals surface area contributed by atoms with E-state index >= 15 is 0 Å². The first-order valence-corrected chi connectivity index (χ1v) is 4.20. The van der Waals surface area contributed by atoms with Crippen LogP contribution in [0.15, 0.2) is 0 Å². The Bertz CT molecular complexity index is 134. The molecule has 0 amide bonds. The molecule has 0 spiro atoms. The van der Waals surface area contributed by atoms with Crippen molar-refractivity contribution in [3.63, 3.8) is 0 Å². The van der Waals surface area contributed by atoms with Crippen LogP contribution in [0.25, 0.3) is 0 Å². The zero-order valence-electron chi connectivity index (χ0n) is 5.26. The summed E-state index contributed by atoms with van der Waals surface area (Å²) in [5, 5.41) is 9.07. The van der Waals surface area contributed by atoms with Crippen molar-refractivity contribution in [3.8, 4) is 11.8 Å². The third-order valence-corrected chi connectivity index (χ3v) is 2.23. The molecule has 0 aromatic heterocycles. The van der Waals surface area contributed by atoms with Crippen molar-refractivity contribution in [1.82, 2.24) is 0 Å². The van der Waals surface area contributed by atoms with E-state index in [4.69, 9.17) is 5.11 Å². The first-order chi connectivity index (χ1) is 4.39. The Hall–Kier alpha value is -0.130. The third-order valence-electron chi connectivity index (χ3n) is 1.16. The van der Waals surface area contributed by atoms with Gasteiger partial charge in [-0.1, -0.05) is 5.92 Å². The molecule has 0 saturated carbocycles. The van der Waals surface area contributed by atoms with E-state index in [2.05, 4.69) is 11.8 Å². The minimum Gasteiger partial charge on any atom is -0.381 e. The molecule has 0 aromatic carbocycles. The smallest absolute Gasteiger partial charge is 0.110 e. The Morgan fingerprint density at radius 1 is 1.44 bits per heavy atom. The van der Waals surface area contributed by atoms with Crippen LogP contribution in [0.3, 0.4) is 0 Å². The Balaban J connectivity index is 2.34. The van der Waals surface area contributed by atoms with Gasteiger partial charge in [-0.25, -0.2) is 0 Å². The molecule has 1 heterocycles. The van der Waals surface area contributed by atoms with E-state index in [9.17, 15) is 0 Å². The van der Waals surface area contributed by atoms with Crippen LogP contribution < -0.4 is 0 Å². The van der Waals surface area contributed by atoms with Gasteiger partial charge in [0, 0.05) is 12.8 Å². The summed E-state index contributed by atoms with van der Waals surface area (Å²) in [5.41, 5.74) is -0.238. The van der Waals surface area contributed by atoms with Crippen LogP contribution >= 0.6 is 11.8 Å². The molecule has 1 atom stereocenters. The van der Waals surface area contributed by atoms with Gasteiger partial charge in [0.05, 0.1) is 0 Å². The highest BCUT2D eigenvalue weighted by atomic mass is 32.2. The van der Waals surface area contributed by atoms with Crippen LogP contribution in [-0.2, 0) is 0 Å². The van der Waals surface area contributed by atoms with Crippen LogP contribution in [0.5, 0.6) is 0 Å². The number of aliphatic hydroxyl groups is 1. The van der Waals surface area contributed by atoms with E-state index in [1.807, 2.05) is 0 Å². The SMILES string of the molecule is OC1CC#CCCCS1. The lowest BCUT2D eigenvalue weighted by Gasteiger charge is -2.06. The lowest BCUT2D eigenvalue weighted by Crippen LogP contribution is -2.01. The third kappa shape index (κ3) is 2.78. The van der Waals surface area contributed by atoms with Gasteiger partial charge in [-0.15, -0.1) is 17.7 Å². The summed E-state index contributed by atoms with van der Waals surface area (Å²) in [5.74, 6) is 6.96. The zero-order chi connectivity index (χ0) is 6.53. The number of rotatable bonds is 0. The standard InChI is InChI=1S/C7H10OS/c8-7-5-3-1-2-4-6-9-7/h7-8H,2,4-6H2. The summed E-state index contributed by atoms with van der Waals surface area (Å²) in [6.07, 6.45) is 2.76. The second kappa shape index (κ2) is 3.81. The maximum Gasteiger partial charge on any atom is 0.110 e. The lowest BCUT2D eigenvalue weighted by molar-refractivity contribution is 0.269. The molecule has 1 N–H and O–H groups in total. The Kier molecular flexibility index (Phi) is 2.96. The minimum absolute atomic E-state index is 0.238. The van der Waals surface area contributed by atoms with Gasteiger partial charge in [0.2, 0.25) is 0 Å². The van der Waals surface area contributed by atoms with Crippen molar-refractivity contribution in [2.45, 2.75) is 24.7 Å². The lowest BCUT2D eigenvalue weighted by atomic mass is 10.3. The fourth-order valence-electron chi connectivity index (χ4n) is 0.687. The van der Waals surface area contributed by atoms with Gasteiger partial charge < -0.3 is 5.11 Å². The average Bonchev–Trinajstić information content (AvgIpc) is 1.79. The number of hydrogen-bond donors (Lipinski definition) is 1. The average molecular weight is 142 g/mol. The fourth-order valence-corrected chi connectivity index (χ4v) is 1.47. The van der Waals surface area contributed by atoms with E-state index in [0.717, 1.165) is 18.6 Å². The van der Waals surface area contributed by atoms with Crippen molar-refractivity contribution >= 4 is 11.8 Å². The summed E-state index contributed by atoms with van der Waals surface area (Å²) >= 11 is 1.61. The zero-order valence-corrected chi connectivity index (χ0v) is 6.08. The Morgan fingerprint density at radius 2 is 2.33 bits per heavy atom. The molecule has 0 fully saturated rings. The minimum atomic E-state index is -0.238. The molecule has 0 bridgehead atoms. The second-order valence-electron chi connectivity index (χ2n) is 1.99. The quantitative estimate of drug-likeness (QED) is 0.513. The monoisotopic (exact) mass is 142 g/mol. The van der Waals surface area contributed by atoms with E-state index in [-0.39, 0.29) is 5.44 Å². The van der Waals surface area contributed by atoms with Crippen LogP contribution in [0.2, 0.25) is 0 Å². The highest BCUT2D eigenvalue weighted by Crippen LogP contribution is 2.14. The molecule has 9 heavy (non-hydrogen) atoms. The molecule has 1 aliphatic rings. The number of thioether (sulfide) groups is 1. The molecule has 50 valence electrons. The number of aliphatic hydroxyl groups excluding tert-OH is 1. The van der Waals surface area contributed by atoms with Gasteiger partial charge in [0.25, 0.3) is 0 Å². The summed E-state index contributed by atoms with van der Waals surface area (Å²) in [7, 11) is 0. The highest BCUT2D eigenvalue weighted by molar-refractivity contribution is 7.99. The summed E-state index contributed by atoms with van der Waals surface area (Å²) in [6.45, 7) is 0. The van der Waals surface area contributed by atoms with Crippen molar-refractivity contribution in [2.24, 2.45) is 0 Å². The van der Waals surface area contributed by atoms with Crippen LogP contribution in [0, 0.1) is 11.8 Å². The molecular weight excluding hydrogens is 132 g/mol. The van der Waals surface area contributed by atoms with Gasteiger partial charge in [0.1, 0.15) is 5.44 Å². The van der Waals surface area contributed by atoms with Crippen LogP contribution in [0.4, 0.5) is 0 Å². The van der Waals surface area contributed by atoms with Gasteiger partial charge in [-0.2, -0.15) is 0 Å². The molecule has 0 aliphatic carbocycles. The predicted octanol–water partition coefficient (Wildman–Crippen LogP) is 1.23. The van der Waals surface area contributed by atoms with Crippen LogP contribution in [-0.4, -0.2) is 16.3 Å². The van der Waals surface area contributed by atoms with E-state index < -0.39 is 0 Å². The van der Waals surface area contributed by atoms with Crippen LogP contribution in [0.1, 0.15) is 19.3 Å². The van der Waals surface area contributed by atoms with Crippen molar-refractivity contribution in [2.75, 3.05) is 5.75 Å². The molecule has 0 aromatic rings. The van der Waals surface area contributed by atoms with Gasteiger partial charge >= 0.3 is 0 Å². The largest absolute Gasteiger partial charge is 0.381 e. The summed E-state index contributed by atoms with van der Waals surface area (Å²) < 4.78 is 0. The second-order valence-corrected chi connectivity index (χ2v) is 3.27. The van der Waals surface area contributed by atoms with Crippen molar-refractivity contribution < 1.29 is 5.11 Å². The molecule has 0 saturated heterocycles. The molecule has 0 radical (unpaired) electrons. The van der Waals surface area contributed by atoms with Crippen molar-refractivity contribution in [1.29, 1.82) is 0 Å². The highest BCUT2D eigenvalue weighted by Gasteiger charge is 2.02. The topological polar surface area (TPSA) is 20.2 Å². The molecular formula is C7H10OS. The van der Waals surface area contributed by atoms with E-state index in [0.29, 0.717) is 6.42 Å². The summed E-state index contributed by atoms with van der Waals surface area (Å²) in [4.78, 5) is 0.